The van der Waals surface area contributed by atoms with Gasteiger partial charge in [0.25, 0.3) is 11.8 Å². The van der Waals surface area contributed by atoms with Gasteiger partial charge < -0.3 is 0 Å². The van der Waals surface area contributed by atoms with Crippen molar-refractivity contribution in [1.29, 1.82) is 0 Å². The van der Waals surface area contributed by atoms with Crippen LogP contribution in [0.2, 0.25) is 0 Å². The fourth-order valence-corrected chi connectivity index (χ4v) is 3.79. The van der Waals surface area contributed by atoms with Crippen molar-refractivity contribution < 1.29 is 9.59 Å². The Labute approximate surface area is 153 Å². The lowest BCUT2D eigenvalue weighted by atomic mass is 10.1. The molecule has 4 nitrogen and oxygen atoms in total. The zero-order chi connectivity index (χ0) is 16.9. The molecule has 2 aromatic carbocycles. The second-order valence-electron chi connectivity index (χ2n) is 5.39. The van der Waals surface area contributed by atoms with Crippen LogP contribution >= 0.6 is 27.9 Å². The summed E-state index contributed by atoms with van der Waals surface area (Å²) < 4.78 is 4.35. The van der Waals surface area contributed by atoms with E-state index in [9.17, 15) is 9.59 Å². The molecule has 1 aliphatic heterocycles. The van der Waals surface area contributed by atoms with Crippen LogP contribution in [0.15, 0.2) is 53.0 Å². The van der Waals surface area contributed by atoms with Gasteiger partial charge in [0.05, 0.1) is 11.1 Å². The van der Waals surface area contributed by atoms with Crippen LogP contribution in [0.1, 0.15) is 26.3 Å². The second-order valence-corrected chi connectivity index (χ2v) is 7.23. The lowest BCUT2D eigenvalue weighted by Crippen LogP contribution is -2.35. The molecule has 124 valence electrons. The Bertz CT molecular complexity index is 731. The zero-order valence-electron chi connectivity index (χ0n) is 13.0. The van der Waals surface area contributed by atoms with Gasteiger partial charge in [0, 0.05) is 23.3 Å². The fourth-order valence-electron chi connectivity index (χ4n) is 2.61. The zero-order valence-corrected chi connectivity index (χ0v) is 15.4. The third-order valence-electron chi connectivity index (χ3n) is 3.85. The quantitative estimate of drug-likeness (QED) is 0.435. The lowest BCUT2D eigenvalue weighted by molar-refractivity contribution is 0.0658. The van der Waals surface area contributed by atoms with E-state index in [2.05, 4.69) is 26.7 Å². The molecular formula is C18H17BrN2O2S. The van der Waals surface area contributed by atoms with E-state index in [-0.39, 0.29) is 11.8 Å². The first kappa shape index (κ1) is 17.2. The van der Waals surface area contributed by atoms with Crippen molar-refractivity contribution in [3.8, 4) is 0 Å². The molecule has 2 aromatic rings. The summed E-state index contributed by atoms with van der Waals surface area (Å²) in [5.41, 5.74) is 2.28. The first-order valence-corrected chi connectivity index (χ1v) is 9.49. The molecule has 0 fully saturated rings. The van der Waals surface area contributed by atoms with Crippen molar-refractivity contribution in [2.45, 2.75) is 6.42 Å². The van der Waals surface area contributed by atoms with Gasteiger partial charge in [-0.25, -0.2) is 0 Å². The molecule has 0 saturated carbocycles. The van der Waals surface area contributed by atoms with Crippen molar-refractivity contribution >= 4 is 39.7 Å². The molecule has 0 radical (unpaired) electrons. The Morgan fingerprint density at radius 1 is 0.958 bits per heavy atom. The Morgan fingerprint density at radius 3 is 2.25 bits per heavy atom. The predicted molar refractivity (Wildman–Crippen MR) is 100 cm³/mol. The molecule has 0 saturated heterocycles. The number of imide groups is 1. The molecule has 0 bridgehead atoms. The Balaban J connectivity index is 1.41. The van der Waals surface area contributed by atoms with Gasteiger partial charge in [-0.2, -0.15) is 0 Å². The fraction of sp³-hybridized carbons (Fsp3) is 0.222. The number of carbonyl (C=O) groups excluding carboxylic acids is 2. The van der Waals surface area contributed by atoms with Crippen LogP contribution in [0.5, 0.6) is 0 Å². The maximum absolute atomic E-state index is 12.2. The number of fused-ring (bicyclic) bond motifs is 1. The molecule has 1 aliphatic rings. The average Bonchev–Trinajstić information content (AvgIpc) is 2.84. The monoisotopic (exact) mass is 404 g/mol. The number of halogens is 1. The summed E-state index contributed by atoms with van der Waals surface area (Å²) >= 11 is 5.15. The van der Waals surface area contributed by atoms with Gasteiger partial charge >= 0.3 is 0 Å². The molecule has 1 N–H and O–H groups in total. The van der Waals surface area contributed by atoms with Crippen molar-refractivity contribution in [3.63, 3.8) is 0 Å². The Morgan fingerprint density at radius 2 is 1.58 bits per heavy atom. The molecule has 0 aliphatic carbocycles. The molecule has 6 heteroatoms. The van der Waals surface area contributed by atoms with Crippen LogP contribution in [0, 0.1) is 0 Å². The van der Waals surface area contributed by atoms with E-state index in [1.807, 2.05) is 18.2 Å². The largest absolute Gasteiger partial charge is 0.273 e. The number of benzene rings is 2. The van der Waals surface area contributed by atoms with E-state index in [1.165, 1.54) is 10.5 Å². The van der Waals surface area contributed by atoms with Crippen LogP contribution in [0.4, 0.5) is 0 Å². The van der Waals surface area contributed by atoms with Gasteiger partial charge in [-0.3, -0.25) is 19.2 Å². The van der Waals surface area contributed by atoms with Gasteiger partial charge in [0.15, 0.2) is 0 Å². The van der Waals surface area contributed by atoms with Crippen LogP contribution in [0.25, 0.3) is 0 Å². The number of nitrogens with one attached hydrogen (secondary N) is 1. The summed E-state index contributed by atoms with van der Waals surface area (Å²) in [7, 11) is 0. The van der Waals surface area contributed by atoms with Crippen LogP contribution in [-0.2, 0) is 6.42 Å². The summed E-state index contributed by atoms with van der Waals surface area (Å²) in [5, 5.41) is 0. The van der Waals surface area contributed by atoms with Crippen molar-refractivity contribution in [3.05, 3.63) is 69.7 Å². The number of hydrogen-bond acceptors (Lipinski definition) is 4. The topological polar surface area (TPSA) is 49.4 Å². The number of amides is 2. The maximum Gasteiger partial charge on any atom is 0.261 e. The van der Waals surface area contributed by atoms with E-state index in [0.717, 1.165) is 16.6 Å². The maximum atomic E-state index is 12.2. The van der Waals surface area contributed by atoms with E-state index in [0.29, 0.717) is 24.2 Å². The van der Waals surface area contributed by atoms with Gasteiger partial charge in [0.2, 0.25) is 0 Å². The van der Waals surface area contributed by atoms with Crippen LogP contribution in [-0.4, -0.2) is 35.6 Å². The van der Waals surface area contributed by atoms with Gasteiger partial charge in [-0.1, -0.05) is 58.2 Å². The molecule has 0 spiro atoms. The normalized spacial score (nSPS) is 13.5. The van der Waals surface area contributed by atoms with E-state index in [4.69, 9.17) is 0 Å². The molecule has 2 amide bonds. The molecule has 0 unspecified atom stereocenters. The highest BCUT2D eigenvalue weighted by atomic mass is 79.9. The van der Waals surface area contributed by atoms with Gasteiger partial charge in [-0.05, 0) is 30.2 Å². The molecule has 3 rings (SSSR count). The highest BCUT2D eigenvalue weighted by Gasteiger charge is 2.34. The second kappa shape index (κ2) is 7.96. The van der Waals surface area contributed by atoms with Crippen LogP contribution < -0.4 is 4.72 Å². The molecule has 24 heavy (non-hydrogen) atoms. The molecule has 0 atom stereocenters. The summed E-state index contributed by atoms with van der Waals surface area (Å²) in [6.45, 7) is 0.959. The Kier molecular flexibility index (Phi) is 5.71. The highest BCUT2D eigenvalue weighted by Crippen LogP contribution is 2.22. The number of hydrogen-bond donors (Lipinski definition) is 1. The SMILES string of the molecule is O=C1c2ccccc2C(=O)N1CCNSCCc1ccccc1Br. The smallest absolute Gasteiger partial charge is 0.261 e. The van der Waals surface area contributed by atoms with E-state index < -0.39 is 0 Å². The highest BCUT2D eigenvalue weighted by molar-refractivity contribution is 9.10. The number of aryl methyl sites for hydroxylation is 1. The third kappa shape index (κ3) is 3.71. The minimum Gasteiger partial charge on any atom is -0.273 e. The van der Waals surface area contributed by atoms with Gasteiger partial charge in [-0.15, -0.1) is 0 Å². The average molecular weight is 405 g/mol. The number of nitrogens with zero attached hydrogens (tertiary/aromatic N) is 1. The van der Waals surface area contributed by atoms with Crippen molar-refractivity contribution in [2.24, 2.45) is 0 Å². The molecule has 1 heterocycles. The predicted octanol–water partition coefficient (Wildman–Crippen LogP) is 3.53. The molecule has 0 aromatic heterocycles. The van der Waals surface area contributed by atoms with Crippen molar-refractivity contribution in [2.75, 3.05) is 18.8 Å². The minimum atomic E-state index is -0.199. The van der Waals surface area contributed by atoms with Crippen molar-refractivity contribution in [1.82, 2.24) is 9.62 Å². The summed E-state index contributed by atoms with van der Waals surface area (Å²) in [5.74, 6) is 0.524. The lowest BCUT2D eigenvalue weighted by Gasteiger charge is -2.14. The van der Waals surface area contributed by atoms with Gasteiger partial charge in [0.1, 0.15) is 0 Å². The number of carbonyl (C=O) groups is 2. The first-order chi connectivity index (χ1) is 11.7. The Hall–Kier alpha value is -1.63. The number of rotatable bonds is 7. The summed E-state index contributed by atoms with van der Waals surface area (Å²) in [6.07, 6.45) is 0.951. The van der Waals surface area contributed by atoms with E-state index in [1.54, 1.807) is 36.2 Å². The summed E-state index contributed by atoms with van der Waals surface area (Å²) in [4.78, 5) is 25.7. The third-order valence-corrected chi connectivity index (χ3v) is 5.44. The first-order valence-electron chi connectivity index (χ1n) is 7.72. The minimum absolute atomic E-state index is 0.199. The van der Waals surface area contributed by atoms with E-state index >= 15 is 0 Å². The van der Waals surface area contributed by atoms with Crippen LogP contribution in [0.3, 0.4) is 0 Å². The molecular weight excluding hydrogens is 388 g/mol. The summed E-state index contributed by atoms with van der Waals surface area (Å²) in [6, 6.07) is 15.1. The standard InChI is InChI=1S/C18H17BrN2O2S/c19-16-8-4-1-5-13(16)9-12-24-20-10-11-21-17(22)14-6-2-3-7-15(14)18(21)23/h1-8,20H,9-12H2.